The highest BCUT2D eigenvalue weighted by molar-refractivity contribution is 6.02. The molecule has 0 fully saturated rings. The Morgan fingerprint density at radius 3 is 1.88 bits per heavy atom. The summed E-state index contributed by atoms with van der Waals surface area (Å²) >= 11 is 0. The van der Waals surface area contributed by atoms with Crippen LogP contribution in [-0.2, 0) is 16.8 Å². The lowest BCUT2D eigenvalue weighted by Crippen LogP contribution is -2.47. The number of anilines is 1. The van der Waals surface area contributed by atoms with Crippen molar-refractivity contribution in [1.82, 2.24) is 0 Å². The van der Waals surface area contributed by atoms with Gasteiger partial charge in [-0.15, -0.1) is 0 Å². The molecule has 3 aromatic carbocycles. The van der Waals surface area contributed by atoms with Crippen molar-refractivity contribution in [2.75, 3.05) is 4.90 Å². The highest BCUT2D eigenvalue weighted by Gasteiger charge is 2.41. The molecule has 166 valence electrons. The Bertz CT molecular complexity index is 1060. The van der Waals surface area contributed by atoms with E-state index in [9.17, 15) is 14.7 Å². The van der Waals surface area contributed by atoms with Gasteiger partial charge >= 0.3 is 5.97 Å². The maximum absolute atomic E-state index is 14.4. The van der Waals surface area contributed by atoms with E-state index < -0.39 is 11.4 Å². The predicted octanol–water partition coefficient (Wildman–Crippen LogP) is 6.29. The number of para-hydroxylation sites is 1. The molecule has 32 heavy (non-hydrogen) atoms. The molecule has 0 unspecified atom stereocenters. The number of nitrogens with zero attached hydrogens (tertiary/aromatic N) is 1. The third-order valence-electron chi connectivity index (χ3n) is 6.44. The van der Waals surface area contributed by atoms with Crippen LogP contribution in [0.2, 0.25) is 0 Å². The monoisotopic (exact) mass is 429 g/mol. The van der Waals surface area contributed by atoms with E-state index >= 15 is 0 Å². The van der Waals surface area contributed by atoms with Crippen LogP contribution in [0.3, 0.4) is 0 Å². The summed E-state index contributed by atoms with van der Waals surface area (Å²) < 4.78 is 0. The molecule has 0 aliphatic carbocycles. The van der Waals surface area contributed by atoms with Crippen LogP contribution < -0.4 is 4.90 Å². The molecule has 0 radical (unpaired) electrons. The number of aryl methyl sites for hydroxylation is 2. The van der Waals surface area contributed by atoms with Gasteiger partial charge in [0.25, 0.3) is 0 Å². The van der Waals surface area contributed by atoms with Gasteiger partial charge in [0, 0.05) is 5.69 Å². The molecule has 0 saturated carbocycles. The molecular formula is C28H31NO3. The zero-order valence-electron chi connectivity index (χ0n) is 19.3. The molecule has 3 rings (SSSR count). The van der Waals surface area contributed by atoms with Gasteiger partial charge in [-0.2, -0.15) is 0 Å². The summed E-state index contributed by atoms with van der Waals surface area (Å²) in [6, 6.07) is 22.9. The van der Waals surface area contributed by atoms with Crippen LogP contribution in [0.25, 0.3) is 0 Å². The van der Waals surface area contributed by atoms with Crippen LogP contribution >= 0.6 is 0 Å². The van der Waals surface area contributed by atoms with Crippen molar-refractivity contribution in [3.05, 3.63) is 101 Å². The number of amides is 1. The number of benzene rings is 3. The fraction of sp³-hybridized carbons (Fsp3) is 0.286. The van der Waals surface area contributed by atoms with Crippen LogP contribution in [-0.4, -0.2) is 17.0 Å². The Morgan fingerprint density at radius 2 is 1.38 bits per heavy atom. The minimum atomic E-state index is -0.970. The highest BCUT2D eigenvalue weighted by atomic mass is 16.4. The standard InChI is InChI=1S/C28H31NO3/c1-5-28(6-2,24-17-15-23(16-18-24)26(30)31)27(32)29(19-22-13-8-7-9-14-22)25-20(3)11-10-12-21(25)4/h7-18H,5-6,19H2,1-4H3,(H,30,31). The van der Waals surface area contributed by atoms with E-state index in [1.165, 1.54) is 0 Å². The minimum absolute atomic E-state index is 0.0341. The average Bonchev–Trinajstić information content (AvgIpc) is 2.80. The smallest absolute Gasteiger partial charge is 0.335 e. The van der Waals surface area contributed by atoms with Crippen molar-refractivity contribution in [1.29, 1.82) is 0 Å². The topological polar surface area (TPSA) is 57.6 Å². The molecule has 0 aliphatic heterocycles. The first-order valence-electron chi connectivity index (χ1n) is 11.1. The quantitative estimate of drug-likeness (QED) is 0.458. The number of carboxylic acids is 1. The molecule has 0 saturated heterocycles. The van der Waals surface area contributed by atoms with Crippen LogP contribution in [0.5, 0.6) is 0 Å². The van der Waals surface area contributed by atoms with Gasteiger partial charge in [0.05, 0.1) is 17.5 Å². The van der Waals surface area contributed by atoms with E-state index in [0.29, 0.717) is 19.4 Å². The second-order valence-electron chi connectivity index (χ2n) is 8.29. The number of hydrogen-bond acceptors (Lipinski definition) is 2. The van der Waals surface area contributed by atoms with Crippen molar-refractivity contribution in [2.45, 2.75) is 52.5 Å². The molecule has 3 aromatic rings. The van der Waals surface area contributed by atoms with Crippen LogP contribution in [0, 0.1) is 13.8 Å². The first-order valence-corrected chi connectivity index (χ1v) is 11.1. The maximum Gasteiger partial charge on any atom is 0.335 e. The van der Waals surface area contributed by atoms with Crippen LogP contribution in [0.15, 0.2) is 72.8 Å². The Morgan fingerprint density at radius 1 is 0.812 bits per heavy atom. The largest absolute Gasteiger partial charge is 0.478 e. The van der Waals surface area contributed by atoms with E-state index in [-0.39, 0.29) is 11.5 Å². The normalized spacial score (nSPS) is 11.2. The van der Waals surface area contributed by atoms with Crippen molar-refractivity contribution in [3.8, 4) is 0 Å². The van der Waals surface area contributed by atoms with Gasteiger partial charge in [0.15, 0.2) is 0 Å². The minimum Gasteiger partial charge on any atom is -0.478 e. The number of aromatic carboxylic acids is 1. The fourth-order valence-electron chi connectivity index (χ4n) is 4.52. The van der Waals surface area contributed by atoms with Crippen molar-refractivity contribution < 1.29 is 14.7 Å². The number of carbonyl (C=O) groups excluding carboxylic acids is 1. The first kappa shape index (κ1) is 23.3. The first-order chi connectivity index (χ1) is 15.3. The third kappa shape index (κ3) is 4.45. The SMILES string of the molecule is CCC(CC)(C(=O)N(Cc1ccccc1)c1c(C)cccc1C)c1ccc(C(=O)O)cc1. The Labute approximate surface area is 190 Å². The number of rotatable bonds is 8. The summed E-state index contributed by atoms with van der Waals surface area (Å²) in [5, 5.41) is 9.29. The molecule has 0 bridgehead atoms. The highest BCUT2D eigenvalue weighted by Crippen LogP contribution is 2.38. The number of hydrogen-bond donors (Lipinski definition) is 1. The van der Waals surface area contributed by atoms with E-state index in [2.05, 4.69) is 0 Å². The lowest BCUT2D eigenvalue weighted by atomic mass is 9.74. The maximum atomic E-state index is 14.4. The lowest BCUT2D eigenvalue weighted by molar-refractivity contribution is -0.124. The van der Waals surface area contributed by atoms with Gasteiger partial charge in [-0.25, -0.2) is 4.79 Å². The Hall–Kier alpha value is -3.40. The van der Waals surface area contributed by atoms with Crippen LogP contribution in [0.4, 0.5) is 5.69 Å². The molecule has 1 amide bonds. The Balaban J connectivity index is 2.14. The molecule has 4 heteroatoms. The van der Waals surface area contributed by atoms with Crippen molar-refractivity contribution >= 4 is 17.6 Å². The van der Waals surface area contributed by atoms with E-state index in [0.717, 1.165) is 27.9 Å². The van der Waals surface area contributed by atoms with Crippen molar-refractivity contribution in [3.63, 3.8) is 0 Å². The summed E-state index contributed by atoms with van der Waals surface area (Å²) in [4.78, 5) is 27.6. The van der Waals surface area contributed by atoms with Gasteiger partial charge in [-0.1, -0.05) is 74.5 Å². The van der Waals surface area contributed by atoms with Crippen molar-refractivity contribution in [2.24, 2.45) is 0 Å². The van der Waals surface area contributed by atoms with E-state index in [4.69, 9.17) is 0 Å². The summed E-state index contributed by atoms with van der Waals surface area (Å²) in [7, 11) is 0. The summed E-state index contributed by atoms with van der Waals surface area (Å²) in [5.74, 6) is -0.936. The fourth-order valence-corrected chi connectivity index (χ4v) is 4.52. The zero-order chi connectivity index (χ0) is 23.3. The summed E-state index contributed by atoms with van der Waals surface area (Å²) in [5.41, 5.74) is 4.43. The molecule has 0 atom stereocenters. The van der Waals surface area contributed by atoms with Gasteiger partial charge in [-0.3, -0.25) is 4.79 Å². The molecular weight excluding hydrogens is 398 g/mol. The molecule has 0 aliphatic rings. The van der Waals surface area contributed by atoms with E-state index in [1.807, 2.05) is 81.1 Å². The van der Waals surface area contributed by atoms with Gasteiger partial charge in [0.2, 0.25) is 5.91 Å². The van der Waals surface area contributed by atoms with Crippen LogP contribution in [0.1, 0.15) is 59.3 Å². The summed E-state index contributed by atoms with van der Waals surface area (Å²) in [6.45, 7) is 8.60. The second kappa shape index (κ2) is 9.82. The lowest BCUT2D eigenvalue weighted by Gasteiger charge is -2.38. The average molecular weight is 430 g/mol. The molecule has 0 aromatic heterocycles. The number of carbonyl (C=O) groups is 2. The molecule has 0 heterocycles. The summed E-state index contributed by atoms with van der Waals surface area (Å²) in [6.07, 6.45) is 1.23. The zero-order valence-corrected chi connectivity index (χ0v) is 19.3. The second-order valence-corrected chi connectivity index (χ2v) is 8.29. The van der Waals surface area contributed by atoms with Gasteiger partial charge in [0.1, 0.15) is 0 Å². The van der Waals surface area contributed by atoms with E-state index in [1.54, 1.807) is 24.3 Å². The predicted molar refractivity (Wildman–Crippen MR) is 129 cm³/mol. The Kier molecular flexibility index (Phi) is 7.14. The molecule has 4 nitrogen and oxygen atoms in total. The third-order valence-corrected chi connectivity index (χ3v) is 6.44. The number of carboxylic acid groups (broad SMARTS) is 1. The molecule has 1 N–H and O–H groups in total. The molecule has 0 spiro atoms. The van der Waals surface area contributed by atoms with Gasteiger partial charge < -0.3 is 10.0 Å². The van der Waals surface area contributed by atoms with Gasteiger partial charge in [-0.05, 0) is 61.1 Å².